The second kappa shape index (κ2) is 5.56. The van der Waals surface area contributed by atoms with Crippen molar-refractivity contribution in [2.45, 2.75) is 24.3 Å². The Kier molecular flexibility index (Phi) is 6.79. The molecular formula is C4H9IS3. The van der Waals surface area contributed by atoms with Crippen LogP contribution in [-0.2, 0) is 0 Å². The maximum atomic E-state index is 4.29. The minimum atomic E-state index is 0.502. The molecule has 0 saturated heterocycles. The Morgan fingerprint density at radius 2 is 2.00 bits per heavy atom. The Balaban J connectivity index is 3.17. The van der Waals surface area contributed by atoms with E-state index in [1.165, 1.54) is 0 Å². The van der Waals surface area contributed by atoms with Crippen LogP contribution in [0.15, 0.2) is 0 Å². The van der Waals surface area contributed by atoms with Crippen LogP contribution in [0.25, 0.3) is 0 Å². The molecule has 0 saturated carbocycles. The quantitative estimate of drug-likeness (QED) is 0.478. The van der Waals surface area contributed by atoms with Crippen molar-refractivity contribution >= 4 is 52.6 Å². The number of hydrogen-bond acceptors (Lipinski definition) is 3. The van der Waals surface area contributed by atoms with Gasteiger partial charge in [-0.1, -0.05) is 24.6 Å². The highest BCUT2D eigenvalue weighted by Gasteiger charge is 2.06. The number of hydrogen-bond donors (Lipinski definition) is 1. The third-order valence-electron chi connectivity index (χ3n) is 0.867. The molecule has 50 valence electrons. The topological polar surface area (TPSA) is 0 Å². The van der Waals surface area contributed by atoms with E-state index < -0.39 is 0 Å². The zero-order valence-electron chi connectivity index (χ0n) is 4.80. The van der Waals surface area contributed by atoms with Crippen molar-refractivity contribution in [3.05, 3.63) is 0 Å². The molecule has 0 aromatic rings. The van der Waals surface area contributed by atoms with Crippen molar-refractivity contribution in [1.29, 1.82) is 0 Å². The molecule has 4 heteroatoms. The molecular weight excluding hydrogens is 271 g/mol. The lowest BCUT2D eigenvalue weighted by Gasteiger charge is -2.09. The first-order valence-corrected chi connectivity index (χ1v) is 7.58. The molecule has 0 radical (unpaired) electrons. The minimum Gasteiger partial charge on any atom is -0.175 e. The van der Waals surface area contributed by atoms with Crippen LogP contribution in [-0.4, -0.2) is 10.5 Å². The zero-order chi connectivity index (χ0) is 6.57. The molecule has 0 bridgehead atoms. The van der Waals surface area contributed by atoms with Crippen LogP contribution in [0.4, 0.5) is 0 Å². The summed E-state index contributed by atoms with van der Waals surface area (Å²) in [4.78, 5) is 0. The summed E-state index contributed by atoms with van der Waals surface area (Å²) in [6.45, 7) is 4.31. The van der Waals surface area contributed by atoms with Crippen LogP contribution in [0, 0.1) is 0 Å². The predicted molar refractivity (Wildman–Crippen MR) is 57.1 cm³/mol. The van der Waals surface area contributed by atoms with Crippen LogP contribution in [0.5, 0.6) is 0 Å². The summed E-state index contributed by atoms with van der Waals surface area (Å²) in [5.41, 5.74) is 0. The van der Waals surface area contributed by atoms with Crippen LogP contribution in [0.1, 0.15) is 13.8 Å². The highest BCUT2D eigenvalue weighted by molar-refractivity contribution is 14.2. The molecule has 0 rings (SSSR count). The molecule has 0 amide bonds. The van der Waals surface area contributed by atoms with Crippen molar-refractivity contribution < 1.29 is 0 Å². The lowest BCUT2D eigenvalue weighted by Crippen LogP contribution is -2.06. The molecule has 0 spiro atoms. The third kappa shape index (κ3) is 4.64. The molecule has 0 fully saturated rings. The van der Waals surface area contributed by atoms with Crippen molar-refractivity contribution in [1.82, 2.24) is 0 Å². The standard InChI is InChI=1S/C4H9IS3/c1-3(6)4(2)7-8-5/h3-4,6H,1-2H3. The van der Waals surface area contributed by atoms with Gasteiger partial charge in [-0.25, -0.2) is 0 Å². The molecule has 0 aromatic heterocycles. The van der Waals surface area contributed by atoms with E-state index in [1.54, 1.807) is 7.97 Å². The number of thiol groups is 1. The van der Waals surface area contributed by atoms with Gasteiger partial charge >= 0.3 is 0 Å². The van der Waals surface area contributed by atoms with Crippen LogP contribution in [0.3, 0.4) is 0 Å². The molecule has 2 atom stereocenters. The SMILES string of the molecule is CC(S)C(C)SSI. The van der Waals surface area contributed by atoms with Crippen molar-refractivity contribution in [2.75, 3.05) is 0 Å². The lowest BCUT2D eigenvalue weighted by molar-refractivity contribution is 0.940. The van der Waals surface area contributed by atoms with Gasteiger partial charge in [0.05, 0.1) is 0 Å². The first-order valence-electron chi connectivity index (χ1n) is 2.30. The molecule has 2 unspecified atom stereocenters. The highest BCUT2D eigenvalue weighted by Crippen LogP contribution is 2.35. The molecule has 0 N–H and O–H groups in total. The number of rotatable bonds is 3. The first-order chi connectivity index (χ1) is 3.68. The second-order valence-corrected chi connectivity index (χ2v) is 7.67. The highest BCUT2D eigenvalue weighted by atomic mass is 127. The van der Waals surface area contributed by atoms with E-state index in [-0.39, 0.29) is 0 Å². The molecule has 0 nitrogen and oxygen atoms in total. The largest absolute Gasteiger partial charge is 0.175 e. The fourth-order valence-electron chi connectivity index (χ4n) is 0.138. The fraction of sp³-hybridized carbons (Fsp3) is 1.00. The van der Waals surface area contributed by atoms with Gasteiger partial charge in [-0.2, -0.15) is 12.6 Å². The van der Waals surface area contributed by atoms with E-state index in [4.69, 9.17) is 0 Å². The van der Waals surface area contributed by atoms with Crippen molar-refractivity contribution in [3.8, 4) is 0 Å². The Morgan fingerprint density at radius 3 is 2.12 bits per heavy atom. The van der Waals surface area contributed by atoms with Gasteiger partial charge in [0.1, 0.15) is 0 Å². The van der Waals surface area contributed by atoms with E-state index in [1.807, 2.05) is 10.8 Å². The summed E-state index contributed by atoms with van der Waals surface area (Å²) in [5.74, 6) is 0. The van der Waals surface area contributed by atoms with Gasteiger partial charge in [-0.05, 0) is 7.97 Å². The van der Waals surface area contributed by atoms with Gasteiger partial charge in [-0.15, -0.1) is 0 Å². The summed E-state index contributed by atoms with van der Waals surface area (Å²) >= 11 is 6.57. The van der Waals surface area contributed by atoms with Gasteiger partial charge < -0.3 is 0 Å². The summed E-state index contributed by atoms with van der Waals surface area (Å²) in [7, 11) is 3.64. The molecule has 0 aliphatic heterocycles. The average molecular weight is 280 g/mol. The maximum Gasteiger partial charge on any atom is 0.0244 e. The Labute approximate surface area is 76.3 Å². The first kappa shape index (κ1) is 9.78. The summed E-state index contributed by atoms with van der Waals surface area (Å²) in [6, 6.07) is 0. The molecule has 8 heavy (non-hydrogen) atoms. The minimum absolute atomic E-state index is 0.502. The second-order valence-electron chi connectivity index (χ2n) is 1.60. The maximum absolute atomic E-state index is 4.29. The van der Waals surface area contributed by atoms with Crippen LogP contribution < -0.4 is 0 Å². The van der Waals surface area contributed by atoms with Gasteiger partial charge in [0.15, 0.2) is 0 Å². The summed E-state index contributed by atoms with van der Waals surface area (Å²) in [5, 5.41) is 1.16. The van der Waals surface area contributed by atoms with E-state index in [9.17, 15) is 0 Å². The molecule has 0 heterocycles. The fourth-order valence-corrected chi connectivity index (χ4v) is 4.63. The van der Waals surface area contributed by atoms with Gasteiger partial charge in [0.25, 0.3) is 0 Å². The smallest absolute Gasteiger partial charge is 0.0244 e. The van der Waals surface area contributed by atoms with Crippen LogP contribution in [0.2, 0.25) is 0 Å². The predicted octanol–water partition coefficient (Wildman–Crippen LogP) is 3.42. The Bertz CT molecular complexity index is 57.2. The van der Waals surface area contributed by atoms with Crippen LogP contribution >= 0.6 is 52.6 Å². The normalized spacial score (nSPS) is 18.0. The van der Waals surface area contributed by atoms with Gasteiger partial charge in [-0.3, -0.25) is 0 Å². The van der Waals surface area contributed by atoms with Crippen molar-refractivity contribution in [2.24, 2.45) is 0 Å². The molecule has 0 aliphatic rings. The van der Waals surface area contributed by atoms with Gasteiger partial charge in [0.2, 0.25) is 0 Å². The Hall–Kier alpha value is 1.78. The van der Waals surface area contributed by atoms with E-state index in [0.717, 1.165) is 0 Å². The van der Waals surface area contributed by atoms with E-state index in [2.05, 4.69) is 47.7 Å². The monoisotopic (exact) mass is 280 g/mol. The summed E-state index contributed by atoms with van der Waals surface area (Å²) < 4.78 is 0. The third-order valence-corrected chi connectivity index (χ3v) is 5.30. The lowest BCUT2D eigenvalue weighted by atomic mass is 10.4. The zero-order valence-corrected chi connectivity index (χ0v) is 9.48. The molecule has 0 aliphatic carbocycles. The number of halogens is 1. The average Bonchev–Trinajstić information content (AvgIpc) is 1.67. The van der Waals surface area contributed by atoms with E-state index in [0.29, 0.717) is 10.5 Å². The van der Waals surface area contributed by atoms with E-state index >= 15 is 0 Å². The molecule has 0 aromatic carbocycles. The van der Waals surface area contributed by atoms with Gasteiger partial charge in [0, 0.05) is 31.7 Å². The summed E-state index contributed by atoms with van der Waals surface area (Å²) in [6.07, 6.45) is 0. The Morgan fingerprint density at radius 1 is 1.50 bits per heavy atom. The van der Waals surface area contributed by atoms with Crippen molar-refractivity contribution in [3.63, 3.8) is 0 Å².